The summed E-state index contributed by atoms with van der Waals surface area (Å²) in [6, 6.07) is 10.1. The molecule has 1 heterocycles. The highest BCUT2D eigenvalue weighted by Gasteiger charge is 2.52. The molecule has 1 aromatic carbocycles. The molecule has 3 rings (SSSR count). The third kappa shape index (κ3) is 1.40. The van der Waals surface area contributed by atoms with E-state index in [4.69, 9.17) is 4.74 Å². The summed E-state index contributed by atoms with van der Waals surface area (Å²) < 4.78 is 5.74. The molecule has 74 valence electrons. The minimum Gasteiger partial charge on any atom is -0.493 e. The van der Waals surface area contributed by atoms with Gasteiger partial charge in [0.2, 0.25) is 0 Å². The first-order valence-electron chi connectivity index (χ1n) is 5.34. The maximum atomic E-state index is 5.74. The summed E-state index contributed by atoms with van der Waals surface area (Å²) in [5.41, 5.74) is 0. The number of piperidine rings is 1. The van der Waals surface area contributed by atoms with E-state index in [0.717, 1.165) is 30.1 Å². The van der Waals surface area contributed by atoms with Crippen molar-refractivity contribution in [1.82, 2.24) is 5.32 Å². The molecule has 0 unspecified atom stereocenters. The number of hydrogen-bond donors (Lipinski definition) is 1. The molecular weight excluding hydrogens is 174 g/mol. The third-order valence-electron chi connectivity index (χ3n) is 3.45. The first-order valence-corrected chi connectivity index (χ1v) is 5.34. The second-order valence-corrected chi connectivity index (χ2v) is 4.27. The van der Waals surface area contributed by atoms with Crippen LogP contribution in [0.25, 0.3) is 0 Å². The number of benzene rings is 1. The van der Waals surface area contributed by atoms with Gasteiger partial charge in [-0.05, 0) is 37.1 Å². The van der Waals surface area contributed by atoms with E-state index in [1.807, 2.05) is 30.3 Å². The Bertz CT molecular complexity index is 301. The summed E-state index contributed by atoms with van der Waals surface area (Å²) in [5, 5.41) is 3.39. The third-order valence-corrected chi connectivity index (χ3v) is 3.45. The number of nitrogens with one attached hydrogen (secondary N) is 1. The van der Waals surface area contributed by atoms with Crippen LogP contribution in [-0.2, 0) is 0 Å². The second kappa shape index (κ2) is 3.28. The van der Waals surface area contributed by atoms with Crippen LogP contribution >= 0.6 is 0 Å². The summed E-state index contributed by atoms with van der Waals surface area (Å²) in [4.78, 5) is 0. The zero-order chi connectivity index (χ0) is 9.38. The standard InChI is InChI=1S/C12H15NO/c1-2-4-9(5-3-1)14-8-12-10-6-13-7-11(10)12/h1-5,10-13H,6-8H2/t10-,11+,12+. The summed E-state index contributed by atoms with van der Waals surface area (Å²) in [6.07, 6.45) is 0. The van der Waals surface area contributed by atoms with Gasteiger partial charge in [-0.2, -0.15) is 0 Å². The fourth-order valence-corrected chi connectivity index (χ4v) is 2.50. The largest absolute Gasteiger partial charge is 0.493 e. The lowest BCUT2D eigenvalue weighted by molar-refractivity contribution is 0.280. The summed E-state index contributed by atoms with van der Waals surface area (Å²) in [7, 11) is 0. The van der Waals surface area contributed by atoms with Gasteiger partial charge < -0.3 is 10.1 Å². The average Bonchev–Trinajstić information content (AvgIpc) is 2.69. The molecule has 0 aromatic heterocycles. The SMILES string of the molecule is c1ccc(OC[C@H]2[C@@H]3CNC[C@@H]32)cc1. The van der Waals surface area contributed by atoms with Crippen LogP contribution in [0.2, 0.25) is 0 Å². The summed E-state index contributed by atoms with van der Waals surface area (Å²) in [6.45, 7) is 3.31. The van der Waals surface area contributed by atoms with E-state index in [1.165, 1.54) is 13.1 Å². The van der Waals surface area contributed by atoms with Gasteiger partial charge in [0.05, 0.1) is 6.61 Å². The van der Waals surface area contributed by atoms with Gasteiger partial charge in [-0.25, -0.2) is 0 Å². The second-order valence-electron chi connectivity index (χ2n) is 4.27. The highest BCUT2D eigenvalue weighted by atomic mass is 16.5. The molecule has 0 radical (unpaired) electrons. The van der Waals surface area contributed by atoms with Gasteiger partial charge in [-0.1, -0.05) is 18.2 Å². The Kier molecular flexibility index (Phi) is 1.95. The van der Waals surface area contributed by atoms with Crippen molar-refractivity contribution in [3.63, 3.8) is 0 Å². The van der Waals surface area contributed by atoms with Gasteiger partial charge >= 0.3 is 0 Å². The molecule has 1 saturated carbocycles. The molecule has 1 aliphatic carbocycles. The van der Waals surface area contributed by atoms with E-state index in [1.54, 1.807) is 0 Å². The topological polar surface area (TPSA) is 21.3 Å². The summed E-state index contributed by atoms with van der Waals surface area (Å²) in [5.74, 6) is 3.62. The van der Waals surface area contributed by atoms with Crippen molar-refractivity contribution in [2.75, 3.05) is 19.7 Å². The maximum absolute atomic E-state index is 5.74. The number of para-hydroxylation sites is 1. The molecular formula is C12H15NO. The van der Waals surface area contributed by atoms with Crippen molar-refractivity contribution in [2.45, 2.75) is 0 Å². The molecule has 2 heteroatoms. The molecule has 0 bridgehead atoms. The number of fused-ring (bicyclic) bond motifs is 1. The van der Waals surface area contributed by atoms with Crippen LogP contribution in [0, 0.1) is 17.8 Å². The van der Waals surface area contributed by atoms with Gasteiger partial charge in [0, 0.05) is 5.92 Å². The molecule has 1 saturated heterocycles. The molecule has 1 N–H and O–H groups in total. The van der Waals surface area contributed by atoms with Crippen LogP contribution in [0.15, 0.2) is 30.3 Å². The van der Waals surface area contributed by atoms with Crippen LogP contribution in [0.3, 0.4) is 0 Å². The molecule has 2 fully saturated rings. The Balaban J connectivity index is 1.52. The summed E-state index contributed by atoms with van der Waals surface area (Å²) >= 11 is 0. The van der Waals surface area contributed by atoms with Crippen LogP contribution in [0.1, 0.15) is 0 Å². The van der Waals surface area contributed by atoms with Crippen LogP contribution in [-0.4, -0.2) is 19.7 Å². The first kappa shape index (κ1) is 8.30. The first-order chi connectivity index (χ1) is 6.95. The van der Waals surface area contributed by atoms with E-state index >= 15 is 0 Å². The zero-order valence-corrected chi connectivity index (χ0v) is 8.15. The van der Waals surface area contributed by atoms with E-state index in [2.05, 4.69) is 5.32 Å². The van der Waals surface area contributed by atoms with Crippen LogP contribution in [0.4, 0.5) is 0 Å². The van der Waals surface area contributed by atoms with Gasteiger partial charge in [0.25, 0.3) is 0 Å². The zero-order valence-electron chi connectivity index (χ0n) is 8.15. The minimum atomic E-state index is 0.816. The normalized spacial score (nSPS) is 33.9. The molecule has 2 nitrogen and oxygen atoms in total. The lowest BCUT2D eigenvalue weighted by Gasteiger charge is -2.07. The molecule has 1 aromatic rings. The van der Waals surface area contributed by atoms with E-state index < -0.39 is 0 Å². The molecule has 2 aliphatic rings. The fraction of sp³-hybridized carbons (Fsp3) is 0.500. The van der Waals surface area contributed by atoms with E-state index in [-0.39, 0.29) is 0 Å². The van der Waals surface area contributed by atoms with Gasteiger partial charge in [0.1, 0.15) is 5.75 Å². The average molecular weight is 189 g/mol. The van der Waals surface area contributed by atoms with Gasteiger partial charge in [0.15, 0.2) is 0 Å². The van der Waals surface area contributed by atoms with Crippen molar-refractivity contribution in [1.29, 1.82) is 0 Å². The van der Waals surface area contributed by atoms with Crippen LogP contribution < -0.4 is 10.1 Å². The maximum Gasteiger partial charge on any atom is 0.119 e. The number of ether oxygens (including phenoxy) is 1. The van der Waals surface area contributed by atoms with Crippen molar-refractivity contribution >= 4 is 0 Å². The van der Waals surface area contributed by atoms with Gasteiger partial charge in [-0.15, -0.1) is 0 Å². The van der Waals surface area contributed by atoms with Gasteiger partial charge in [-0.3, -0.25) is 0 Å². The Morgan fingerprint density at radius 2 is 1.86 bits per heavy atom. The molecule has 0 spiro atoms. The quantitative estimate of drug-likeness (QED) is 0.778. The minimum absolute atomic E-state index is 0.816. The predicted octanol–water partition coefficient (Wildman–Crippen LogP) is 1.53. The van der Waals surface area contributed by atoms with E-state index in [9.17, 15) is 0 Å². The lowest BCUT2D eigenvalue weighted by atomic mass is 10.3. The molecule has 14 heavy (non-hydrogen) atoms. The Labute approximate surface area is 84.3 Å². The smallest absolute Gasteiger partial charge is 0.119 e. The Morgan fingerprint density at radius 1 is 1.14 bits per heavy atom. The highest BCUT2D eigenvalue weighted by molar-refractivity contribution is 5.21. The van der Waals surface area contributed by atoms with Crippen molar-refractivity contribution in [3.05, 3.63) is 30.3 Å². The van der Waals surface area contributed by atoms with Crippen molar-refractivity contribution in [3.8, 4) is 5.75 Å². The highest BCUT2D eigenvalue weighted by Crippen LogP contribution is 2.48. The molecule has 1 aliphatic heterocycles. The molecule has 3 atom stereocenters. The fourth-order valence-electron chi connectivity index (χ4n) is 2.50. The number of hydrogen-bond acceptors (Lipinski definition) is 2. The van der Waals surface area contributed by atoms with E-state index in [0.29, 0.717) is 0 Å². The van der Waals surface area contributed by atoms with Crippen LogP contribution in [0.5, 0.6) is 5.75 Å². The Hall–Kier alpha value is -1.02. The lowest BCUT2D eigenvalue weighted by Crippen LogP contribution is -2.17. The van der Waals surface area contributed by atoms with Crippen molar-refractivity contribution in [2.24, 2.45) is 17.8 Å². The number of rotatable bonds is 3. The van der Waals surface area contributed by atoms with Crippen molar-refractivity contribution < 1.29 is 4.74 Å². The predicted molar refractivity (Wildman–Crippen MR) is 55.3 cm³/mol. The monoisotopic (exact) mass is 189 g/mol. The molecule has 0 amide bonds. The Morgan fingerprint density at radius 3 is 2.57 bits per heavy atom.